The van der Waals surface area contributed by atoms with Crippen LogP contribution in [0, 0.1) is 0 Å². The molecule has 298 valence electrons. The van der Waals surface area contributed by atoms with Crippen molar-refractivity contribution in [1.82, 2.24) is 0 Å². The van der Waals surface area contributed by atoms with Crippen LogP contribution >= 0.6 is 0 Å². The molecule has 0 radical (unpaired) electrons. The van der Waals surface area contributed by atoms with E-state index in [4.69, 9.17) is 14.2 Å². The van der Waals surface area contributed by atoms with Crippen LogP contribution in [0.5, 0.6) is 0 Å². The van der Waals surface area contributed by atoms with Crippen LogP contribution in [0.2, 0.25) is 0 Å². The first-order chi connectivity index (χ1) is 26.0. The number of unbranched alkanes of at least 4 members (excludes halogenated alkanes) is 9. The van der Waals surface area contributed by atoms with Gasteiger partial charge in [-0.2, -0.15) is 0 Å². The molecule has 0 aliphatic carbocycles. The molecule has 6 nitrogen and oxygen atoms in total. The third-order valence-corrected chi connectivity index (χ3v) is 8.10. The van der Waals surface area contributed by atoms with E-state index in [1.54, 1.807) is 6.08 Å². The number of rotatable bonds is 35. The summed E-state index contributed by atoms with van der Waals surface area (Å²) in [6, 6.07) is 0. The van der Waals surface area contributed by atoms with Gasteiger partial charge in [0.15, 0.2) is 6.10 Å². The fourth-order valence-corrected chi connectivity index (χ4v) is 5.08. The van der Waals surface area contributed by atoms with Crippen LogP contribution in [0.4, 0.5) is 0 Å². The Hall–Kier alpha value is -3.67. The summed E-state index contributed by atoms with van der Waals surface area (Å²) >= 11 is 0. The molecule has 0 fully saturated rings. The zero-order chi connectivity index (χ0) is 38.7. The first kappa shape index (κ1) is 49.3. The molecular weight excluding hydrogens is 661 g/mol. The second-order valence-corrected chi connectivity index (χ2v) is 13.1. The average Bonchev–Trinajstić information content (AvgIpc) is 3.15. The number of esters is 3. The largest absolute Gasteiger partial charge is 0.462 e. The van der Waals surface area contributed by atoms with Crippen molar-refractivity contribution < 1.29 is 28.6 Å². The Morgan fingerprint density at radius 1 is 0.396 bits per heavy atom. The van der Waals surface area contributed by atoms with E-state index in [0.29, 0.717) is 12.8 Å². The number of hydrogen-bond acceptors (Lipinski definition) is 6. The lowest BCUT2D eigenvalue weighted by atomic mass is 10.1. The molecule has 0 heterocycles. The third-order valence-electron chi connectivity index (χ3n) is 8.10. The molecule has 0 aromatic carbocycles. The summed E-state index contributed by atoms with van der Waals surface area (Å²) in [6.07, 6.45) is 52.9. The van der Waals surface area contributed by atoms with Crippen molar-refractivity contribution in [2.24, 2.45) is 0 Å². The normalized spacial score (nSPS) is 13.0. The molecule has 0 aliphatic heterocycles. The van der Waals surface area contributed by atoms with Crippen molar-refractivity contribution in [2.45, 2.75) is 168 Å². The summed E-state index contributed by atoms with van der Waals surface area (Å²) in [5.41, 5.74) is 0. The van der Waals surface area contributed by atoms with Crippen LogP contribution in [-0.4, -0.2) is 37.2 Å². The number of carbonyl (C=O) groups is 3. The van der Waals surface area contributed by atoms with Crippen LogP contribution in [0.3, 0.4) is 0 Å². The van der Waals surface area contributed by atoms with Crippen molar-refractivity contribution in [3.63, 3.8) is 0 Å². The van der Waals surface area contributed by atoms with Gasteiger partial charge in [0.05, 0.1) is 6.42 Å². The zero-order valence-electron chi connectivity index (χ0n) is 33.7. The smallest absolute Gasteiger partial charge is 0.309 e. The van der Waals surface area contributed by atoms with E-state index in [-0.39, 0.29) is 38.0 Å². The summed E-state index contributed by atoms with van der Waals surface area (Å²) in [6.45, 7) is 6.11. The van der Waals surface area contributed by atoms with E-state index in [9.17, 15) is 14.4 Å². The number of ether oxygens (including phenoxy) is 3. The molecule has 0 aromatic heterocycles. The van der Waals surface area contributed by atoms with Gasteiger partial charge in [-0.05, 0) is 89.9 Å². The quantitative estimate of drug-likeness (QED) is 0.0279. The Balaban J connectivity index is 4.52. The SMILES string of the molecule is CC/C=C\C/C=C\C/C=C\CCCCC(=O)OC(COC(=O)C/C=C\C/C=C\C/C=C\CC)COC(=O)CCCCCCCCC/C=C\C/C=C\CC. The van der Waals surface area contributed by atoms with Gasteiger partial charge < -0.3 is 14.2 Å². The van der Waals surface area contributed by atoms with Gasteiger partial charge in [0.25, 0.3) is 0 Å². The van der Waals surface area contributed by atoms with Gasteiger partial charge >= 0.3 is 17.9 Å². The van der Waals surface area contributed by atoms with Crippen molar-refractivity contribution in [3.8, 4) is 0 Å². The molecule has 53 heavy (non-hydrogen) atoms. The molecule has 0 spiro atoms. The van der Waals surface area contributed by atoms with Crippen LogP contribution in [0.15, 0.2) is 97.2 Å². The second-order valence-electron chi connectivity index (χ2n) is 13.1. The van der Waals surface area contributed by atoms with E-state index in [1.165, 1.54) is 25.7 Å². The molecule has 0 aromatic rings. The lowest BCUT2D eigenvalue weighted by Crippen LogP contribution is -2.30. The standard InChI is InChI=1S/C47H74O6/c1-4-7-10-13-16-19-21-23-24-26-28-31-34-37-40-46(49)52-43-44(42-51-45(48)39-36-33-30-27-18-15-12-9-6-3)53-47(50)41-38-35-32-29-25-22-20-17-14-11-8-5-2/h7-12,16-20,25,27,29,33,36,44H,4-6,13-15,21-24,26,28,30-32,34-35,37-43H2,1-3H3/b10-7-,11-8-,12-9-,19-16-,20-17-,27-18-,29-25-,36-33-. The third kappa shape index (κ3) is 39.4. The highest BCUT2D eigenvalue weighted by Crippen LogP contribution is 2.12. The topological polar surface area (TPSA) is 78.9 Å². The summed E-state index contributed by atoms with van der Waals surface area (Å²) in [5.74, 6) is -1.12. The highest BCUT2D eigenvalue weighted by atomic mass is 16.6. The van der Waals surface area contributed by atoms with Crippen LogP contribution in [0.25, 0.3) is 0 Å². The first-order valence-corrected chi connectivity index (χ1v) is 20.7. The molecule has 0 N–H and O–H groups in total. The van der Waals surface area contributed by atoms with Crippen molar-refractivity contribution >= 4 is 17.9 Å². The number of carbonyl (C=O) groups excluding carboxylic acids is 3. The lowest BCUT2D eigenvalue weighted by Gasteiger charge is -2.18. The zero-order valence-corrected chi connectivity index (χ0v) is 33.7. The predicted octanol–water partition coefficient (Wildman–Crippen LogP) is 13.1. The van der Waals surface area contributed by atoms with Gasteiger partial charge in [0.2, 0.25) is 0 Å². The molecule has 0 aliphatic rings. The maximum Gasteiger partial charge on any atom is 0.309 e. The van der Waals surface area contributed by atoms with Gasteiger partial charge in [-0.1, -0.05) is 150 Å². The second kappa shape index (κ2) is 41.1. The van der Waals surface area contributed by atoms with E-state index in [1.807, 2.05) is 6.08 Å². The molecule has 6 heteroatoms. The fourth-order valence-electron chi connectivity index (χ4n) is 5.08. The van der Waals surface area contributed by atoms with Crippen LogP contribution < -0.4 is 0 Å². The van der Waals surface area contributed by atoms with Gasteiger partial charge in [-0.25, -0.2) is 0 Å². The molecule has 1 atom stereocenters. The van der Waals surface area contributed by atoms with E-state index in [2.05, 4.69) is 106 Å². The monoisotopic (exact) mass is 735 g/mol. The lowest BCUT2D eigenvalue weighted by molar-refractivity contribution is -0.166. The molecule has 0 bridgehead atoms. The highest BCUT2D eigenvalue weighted by Gasteiger charge is 2.19. The first-order valence-electron chi connectivity index (χ1n) is 20.7. The van der Waals surface area contributed by atoms with Gasteiger partial charge in [0, 0.05) is 12.8 Å². The van der Waals surface area contributed by atoms with Gasteiger partial charge in [0.1, 0.15) is 13.2 Å². The van der Waals surface area contributed by atoms with Crippen molar-refractivity contribution in [2.75, 3.05) is 13.2 Å². The maximum atomic E-state index is 12.6. The minimum atomic E-state index is -0.833. The maximum absolute atomic E-state index is 12.6. The summed E-state index contributed by atoms with van der Waals surface area (Å²) in [7, 11) is 0. The minimum Gasteiger partial charge on any atom is -0.462 e. The Labute approximate surface area is 324 Å². The van der Waals surface area contributed by atoms with E-state index < -0.39 is 12.1 Å². The Bertz CT molecular complexity index is 1120. The predicted molar refractivity (Wildman–Crippen MR) is 224 cm³/mol. The van der Waals surface area contributed by atoms with Gasteiger partial charge in [-0.3, -0.25) is 14.4 Å². The Morgan fingerprint density at radius 2 is 0.755 bits per heavy atom. The summed E-state index contributed by atoms with van der Waals surface area (Å²) in [4.78, 5) is 37.5. The molecule has 0 amide bonds. The van der Waals surface area contributed by atoms with Crippen LogP contribution in [0.1, 0.15) is 162 Å². The van der Waals surface area contributed by atoms with Crippen molar-refractivity contribution in [3.05, 3.63) is 97.2 Å². The summed E-state index contributed by atoms with van der Waals surface area (Å²) in [5, 5.41) is 0. The molecular formula is C47H74O6. The molecule has 1 unspecified atom stereocenters. The Morgan fingerprint density at radius 3 is 1.26 bits per heavy atom. The van der Waals surface area contributed by atoms with Crippen LogP contribution in [-0.2, 0) is 28.6 Å². The molecule has 0 rings (SSSR count). The van der Waals surface area contributed by atoms with E-state index >= 15 is 0 Å². The number of allylic oxidation sites excluding steroid dienone is 15. The van der Waals surface area contributed by atoms with Gasteiger partial charge in [-0.15, -0.1) is 0 Å². The minimum absolute atomic E-state index is 0.122. The number of hydrogen-bond donors (Lipinski definition) is 0. The molecule has 0 saturated carbocycles. The van der Waals surface area contributed by atoms with E-state index in [0.717, 1.165) is 89.9 Å². The fraction of sp³-hybridized carbons (Fsp3) is 0.596. The Kier molecular flexibility index (Phi) is 38.2. The summed E-state index contributed by atoms with van der Waals surface area (Å²) < 4.78 is 16.5. The molecule has 0 saturated heterocycles. The average molecular weight is 735 g/mol. The highest BCUT2D eigenvalue weighted by molar-refractivity contribution is 5.72. The van der Waals surface area contributed by atoms with Crippen molar-refractivity contribution in [1.29, 1.82) is 0 Å².